The number of carbonyl (C=O) groups excluding carboxylic acids is 1. The lowest BCUT2D eigenvalue weighted by Gasteiger charge is -2.05. The van der Waals surface area contributed by atoms with Crippen molar-refractivity contribution in [3.05, 3.63) is 45.4 Å². The molecule has 0 saturated heterocycles. The summed E-state index contributed by atoms with van der Waals surface area (Å²) in [5, 5.41) is 4.53. The van der Waals surface area contributed by atoms with Crippen LogP contribution in [0.3, 0.4) is 0 Å². The van der Waals surface area contributed by atoms with Crippen LogP contribution in [-0.4, -0.2) is 22.4 Å². The molecule has 0 unspecified atom stereocenters. The zero-order valence-corrected chi connectivity index (χ0v) is 10.8. The fourth-order valence-corrected chi connectivity index (χ4v) is 2.12. The molecule has 4 nitrogen and oxygen atoms in total. The third kappa shape index (κ3) is 3.24. The molecule has 0 fully saturated rings. The minimum absolute atomic E-state index is 0.0115. The molecule has 0 aliphatic rings. The third-order valence-corrected chi connectivity index (χ3v) is 3.14. The van der Waals surface area contributed by atoms with Crippen molar-refractivity contribution in [1.29, 1.82) is 0 Å². The van der Waals surface area contributed by atoms with Crippen LogP contribution in [0.4, 0.5) is 4.39 Å². The lowest BCUT2D eigenvalue weighted by molar-refractivity contribution is 0.0953. The predicted octanol–water partition coefficient (Wildman–Crippen LogP) is 2.30. The first-order chi connectivity index (χ1) is 8.66. The lowest BCUT2D eigenvalue weighted by Crippen LogP contribution is -2.26. The second kappa shape index (κ2) is 5.88. The lowest BCUT2D eigenvalue weighted by atomic mass is 10.2. The van der Waals surface area contributed by atoms with Gasteiger partial charge >= 0.3 is 0 Å². The van der Waals surface area contributed by atoms with Crippen molar-refractivity contribution >= 4 is 28.8 Å². The molecule has 0 radical (unpaired) electrons. The Bertz CT molecular complexity index is 547. The molecule has 0 bridgehead atoms. The van der Waals surface area contributed by atoms with E-state index in [4.69, 9.17) is 11.6 Å². The number of hydrogen-bond donors (Lipinski definition) is 1. The van der Waals surface area contributed by atoms with Crippen LogP contribution in [0.1, 0.15) is 16.1 Å². The molecule has 0 spiro atoms. The van der Waals surface area contributed by atoms with E-state index in [1.807, 2.05) is 5.38 Å². The molecule has 0 aliphatic carbocycles. The number of rotatable bonds is 4. The van der Waals surface area contributed by atoms with Gasteiger partial charge in [-0.25, -0.2) is 14.4 Å². The standard InChI is InChI=1S/C11H9ClFN3OS/c12-10-9(3-7(13)4-15-10)11(17)14-2-1-8-5-18-6-16-8/h3-6H,1-2H2,(H,14,17). The molecule has 2 heterocycles. The van der Waals surface area contributed by atoms with Crippen molar-refractivity contribution in [2.75, 3.05) is 6.54 Å². The van der Waals surface area contributed by atoms with Gasteiger partial charge in [0.15, 0.2) is 0 Å². The van der Waals surface area contributed by atoms with Gasteiger partial charge in [0, 0.05) is 18.3 Å². The molecule has 7 heteroatoms. The summed E-state index contributed by atoms with van der Waals surface area (Å²) in [4.78, 5) is 19.4. The number of nitrogens with one attached hydrogen (secondary N) is 1. The van der Waals surface area contributed by atoms with Gasteiger partial charge in [0.25, 0.3) is 5.91 Å². The smallest absolute Gasteiger partial charge is 0.254 e. The van der Waals surface area contributed by atoms with E-state index in [9.17, 15) is 9.18 Å². The Hall–Kier alpha value is -1.53. The molecule has 0 atom stereocenters. The quantitative estimate of drug-likeness (QED) is 0.877. The van der Waals surface area contributed by atoms with Gasteiger partial charge in [-0.2, -0.15) is 0 Å². The summed E-state index contributed by atoms with van der Waals surface area (Å²) in [6.45, 7) is 0.412. The van der Waals surface area contributed by atoms with Crippen LogP contribution < -0.4 is 5.32 Å². The van der Waals surface area contributed by atoms with Gasteiger partial charge in [-0.15, -0.1) is 11.3 Å². The molecular formula is C11H9ClFN3OS. The van der Waals surface area contributed by atoms with E-state index in [2.05, 4.69) is 15.3 Å². The largest absolute Gasteiger partial charge is 0.352 e. The highest BCUT2D eigenvalue weighted by atomic mass is 35.5. The fraction of sp³-hybridized carbons (Fsp3) is 0.182. The van der Waals surface area contributed by atoms with E-state index in [1.54, 1.807) is 5.51 Å². The van der Waals surface area contributed by atoms with E-state index in [1.165, 1.54) is 11.3 Å². The van der Waals surface area contributed by atoms with Crippen molar-refractivity contribution in [2.24, 2.45) is 0 Å². The minimum atomic E-state index is -0.593. The first-order valence-electron chi connectivity index (χ1n) is 5.13. The second-order valence-electron chi connectivity index (χ2n) is 3.48. The van der Waals surface area contributed by atoms with Crippen molar-refractivity contribution in [3.63, 3.8) is 0 Å². The monoisotopic (exact) mass is 285 g/mol. The van der Waals surface area contributed by atoms with Gasteiger partial charge < -0.3 is 5.32 Å². The molecular weight excluding hydrogens is 277 g/mol. The average Bonchev–Trinajstić information content (AvgIpc) is 2.85. The molecule has 0 saturated carbocycles. The molecule has 1 amide bonds. The Labute approximate surface area is 112 Å². The first-order valence-corrected chi connectivity index (χ1v) is 6.45. The van der Waals surface area contributed by atoms with Crippen LogP contribution in [0.25, 0.3) is 0 Å². The highest BCUT2D eigenvalue weighted by molar-refractivity contribution is 7.07. The van der Waals surface area contributed by atoms with Crippen LogP contribution in [0.15, 0.2) is 23.2 Å². The van der Waals surface area contributed by atoms with Crippen molar-refractivity contribution < 1.29 is 9.18 Å². The molecule has 2 aromatic heterocycles. The number of carbonyl (C=O) groups is 1. The van der Waals surface area contributed by atoms with Gasteiger partial charge in [0.2, 0.25) is 0 Å². The number of amides is 1. The van der Waals surface area contributed by atoms with Crippen LogP contribution in [-0.2, 0) is 6.42 Å². The summed E-state index contributed by atoms with van der Waals surface area (Å²) in [6, 6.07) is 1.06. The van der Waals surface area contributed by atoms with Gasteiger partial charge in [-0.05, 0) is 6.07 Å². The van der Waals surface area contributed by atoms with Crippen LogP contribution in [0, 0.1) is 5.82 Å². The zero-order chi connectivity index (χ0) is 13.0. The maximum atomic E-state index is 12.9. The maximum absolute atomic E-state index is 12.9. The minimum Gasteiger partial charge on any atom is -0.352 e. The van der Waals surface area contributed by atoms with Crippen molar-refractivity contribution in [3.8, 4) is 0 Å². The highest BCUT2D eigenvalue weighted by Gasteiger charge is 2.12. The number of halogens is 2. The number of thiazole rings is 1. The predicted molar refractivity (Wildman–Crippen MR) is 67.4 cm³/mol. The normalized spacial score (nSPS) is 10.3. The van der Waals surface area contributed by atoms with E-state index in [-0.39, 0.29) is 10.7 Å². The van der Waals surface area contributed by atoms with Crippen molar-refractivity contribution in [1.82, 2.24) is 15.3 Å². The van der Waals surface area contributed by atoms with Gasteiger partial charge in [-0.3, -0.25) is 4.79 Å². The summed E-state index contributed by atoms with van der Waals surface area (Å²) in [5.41, 5.74) is 2.67. The van der Waals surface area contributed by atoms with Crippen LogP contribution >= 0.6 is 22.9 Å². The first kappa shape index (κ1) is 12.9. The molecule has 0 aliphatic heterocycles. The molecule has 2 rings (SSSR count). The summed E-state index contributed by atoms with van der Waals surface area (Å²) >= 11 is 7.21. The Morgan fingerprint density at radius 2 is 2.33 bits per heavy atom. The van der Waals surface area contributed by atoms with E-state index in [0.29, 0.717) is 13.0 Å². The van der Waals surface area contributed by atoms with E-state index >= 15 is 0 Å². The summed E-state index contributed by atoms with van der Waals surface area (Å²) in [5.74, 6) is -1.04. The summed E-state index contributed by atoms with van der Waals surface area (Å²) in [7, 11) is 0. The SMILES string of the molecule is O=C(NCCc1cscn1)c1cc(F)cnc1Cl. The zero-order valence-electron chi connectivity index (χ0n) is 9.19. The molecule has 18 heavy (non-hydrogen) atoms. The average molecular weight is 286 g/mol. The Kier molecular flexibility index (Phi) is 4.22. The fourth-order valence-electron chi connectivity index (χ4n) is 1.34. The third-order valence-electron chi connectivity index (χ3n) is 2.20. The maximum Gasteiger partial charge on any atom is 0.254 e. The van der Waals surface area contributed by atoms with Crippen LogP contribution in [0.2, 0.25) is 5.15 Å². The number of hydrogen-bond acceptors (Lipinski definition) is 4. The molecule has 1 N–H and O–H groups in total. The van der Waals surface area contributed by atoms with Crippen molar-refractivity contribution in [2.45, 2.75) is 6.42 Å². The van der Waals surface area contributed by atoms with Gasteiger partial charge in [-0.1, -0.05) is 11.6 Å². The summed E-state index contributed by atoms with van der Waals surface area (Å²) in [6.07, 6.45) is 1.59. The highest BCUT2D eigenvalue weighted by Crippen LogP contribution is 2.13. The van der Waals surface area contributed by atoms with E-state index < -0.39 is 11.7 Å². The molecule has 0 aromatic carbocycles. The van der Waals surface area contributed by atoms with Gasteiger partial charge in [0.05, 0.1) is 23.0 Å². The Balaban J connectivity index is 1.93. The van der Waals surface area contributed by atoms with Gasteiger partial charge in [0.1, 0.15) is 11.0 Å². The number of aromatic nitrogens is 2. The topological polar surface area (TPSA) is 54.9 Å². The molecule has 94 valence electrons. The summed E-state index contributed by atoms with van der Waals surface area (Å²) < 4.78 is 12.9. The Morgan fingerprint density at radius 1 is 1.50 bits per heavy atom. The number of nitrogens with zero attached hydrogens (tertiary/aromatic N) is 2. The number of pyridine rings is 1. The van der Waals surface area contributed by atoms with Crippen LogP contribution in [0.5, 0.6) is 0 Å². The molecule has 2 aromatic rings. The second-order valence-corrected chi connectivity index (χ2v) is 4.55. The Morgan fingerprint density at radius 3 is 3.06 bits per heavy atom. The van der Waals surface area contributed by atoms with E-state index in [0.717, 1.165) is 18.0 Å².